The topological polar surface area (TPSA) is 50.3 Å². The molecule has 0 aromatic carbocycles. The van der Waals surface area contributed by atoms with E-state index < -0.39 is 10.0 Å². The molecule has 1 aliphatic heterocycles. The van der Waals surface area contributed by atoms with Crippen LogP contribution in [0, 0.1) is 5.41 Å². The Labute approximate surface area is 129 Å². The standard InChI is InChI=1S/C13H19ClN2O2S2/c14-12-15-10-11(19-12)20(17,18)16-8-6-13(7-9-16)4-2-1-3-5-13/h10H,1-9H2. The summed E-state index contributed by atoms with van der Waals surface area (Å²) in [5, 5.41) is 0. The van der Waals surface area contributed by atoms with Crippen molar-refractivity contribution in [2.75, 3.05) is 13.1 Å². The molecule has 0 N–H and O–H groups in total. The summed E-state index contributed by atoms with van der Waals surface area (Å²) in [6.45, 7) is 1.27. The molecule has 0 atom stereocenters. The fourth-order valence-corrected chi connectivity index (χ4v) is 6.38. The number of piperidine rings is 1. The molecule has 3 rings (SSSR count). The van der Waals surface area contributed by atoms with E-state index in [-0.39, 0.29) is 8.68 Å². The van der Waals surface area contributed by atoms with Crippen LogP contribution < -0.4 is 0 Å². The Hall–Kier alpha value is -0.170. The number of nitrogens with zero attached hydrogens (tertiary/aromatic N) is 2. The Morgan fingerprint density at radius 3 is 2.35 bits per heavy atom. The maximum absolute atomic E-state index is 12.5. The Kier molecular flexibility index (Phi) is 4.10. The second-order valence-corrected chi connectivity index (χ2v) is 9.67. The van der Waals surface area contributed by atoms with E-state index in [2.05, 4.69) is 4.98 Å². The monoisotopic (exact) mass is 334 g/mol. The first-order valence-electron chi connectivity index (χ1n) is 7.13. The van der Waals surface area contributed by atoms with E-state index in [0.717, 1.165) is 24.2 Å². The molecule has 1 aromatic rings. The Bertz CT molecular complexity index is 569. The van der Waals surface area contributed by atoms with Crippen molar-refractivity contribution in [2.24, 2.45) is 5.41 Å². The van der Waals surface area contributed by atoms with Crippen molar-refractivity contribution in [3.63, 3.8) is 0 Å². The van der Waals surface area contributed by atoms with Gasteiger partial charge in [0, 0.05) is 13.1 Å². The third kappa shape index (κ3) is 2.75. The molecule has 1 saturated carbocycles. The predicted octanol–water partition coefficient (Wildman–Crippen LogP) is 3.53. The third-order valence-electron chi connectivity index (χ3n) is 4.75. The van der Waals surface area contributed by atoms with E-state index in [0.29, 0.717) is 18.5 Å². The maximum atomic E-state index is 12.5. The highest BCUT2D eigenvalue weighted by Gasteiger charge is 2.39. The molecule has 4 nitrogen and oxygen atoms in total. The molecule has 1 aliphatic carbocycles. The summed E-state index contributed by atoms with van der Waals surface area (Å²) in [5.74, 6) is 0. The second-order valence-electron chi connectivity index (χ2n) is 5.90. The summed E-state index contributed by atoms with van der Waals surface area (Å²) in [6, 6.07) is 0. The van der Waals surface area contributed by atoms with Crippen LogP contribution in [-0.4, -0.2) is 30.8 Å². The van der Waals surface area contributed by atoms with Gasteiger partial charge < -0.3 is 0 Å². The molecule has 0 radical (unpaired) electrons. The zero-order valence-electron chi connectivity index (χ0n) is 11.3. The fraction of sp³-hybridized carbons (Fsp3) is 0.769. The van der Waals surface area contributed by atoms with Gasteiger partial charge >= 0.3 is 0 Å². The van der Waals surface area contributed by atoms with Gasteiger partial charge in [-0.25, -0.2) is 13.4 Å². The van der Waals surface area contributed by atoms with Gasteiger partial charge in [0.15, 0.2) is 8.68 Å². The molecule has 7 heteroatoms. The smallest absolute Gasteiger partial charge is 0.232 e. The van der Waals surface area contributed by atoms with Crippen LogP contribution in [0.4, 0.5) is 0 Å². The largest absolute Gasteiger partial charge is 0.254 e. The van der Waals surface area contributed by atoms with Crippen LogP contribution in [0.25, 0.3) is 0 Å². The fourth-order valence-electron chi connectivity index (χ4n) is 3.49. The number of halogens is 1. The molecule has 1 saturated heterocycles. The van der Waals surface area contributed by atoms with Crippen molar-refractivity contribution in [1.29, 1.82) is 0 Å². The van der Waals surface area contributed by atoms with Crippen molar-refractivity contribution in [3.05, 3.63) is 10.7 Å². The zero-order valence-corrected chi connectivity index (χ0v) is 13.7. The number of aromatic nitrogens is 1. The minimum atomic E-state index is -3.39. The van der Waals surface area contributed by atoms with Gasteiger partial charge in [-0.15, -0.1) is 0 Å². The first kappa shape index (κ1) is 14.8. The van der Waals surface area contributed by atoms with Crippen LogP contribution in [0.15, 0.2) is 10.4 Å². The quantitative estimate of drug-likeness (QED) is 0.831. The van der Waals surface area contributed by atoms with Crippen LogP contribution in [-0.2, 0) is 10.0 Å². The van der Waals surface area contributed by atoms with Crippen LogP contribution in [0.1, 0.15) is 44.9 Å². The summed E-state index contributed by atoms with van der Waals surface area (Å²) in [6.07, 6.45) is 9.85. The Balaban J connectivity index is 1.71. The molecular weight excluding hydrogens is 316 g/mol. The lowest BCUT2D eigenvalue weighted by Gasteiger charge is -2.43. The van der Waals surface area contributed by atoms with Crippen LogP contribution >= 0.6 is 22.9 Å². The number of thiazole rings is 1. The summed E-state index contributed by atoms with van der Waals surface area (Å²) in [5.41, 5.74) is 0.412. The van der Waals surface area contributed by atoms with E-state index in [9.17, 15) is 8.42 Å². The van der Waals surface area contributed by atoms with Gasteiger partial charge in [0.25, 0.3) is 10.0 Å². The molecule has 0 unspecified atom stereocenters. The second kappa shape index (κ2) is 5.55. The van der Waals surface area contributed by atoms with Crippen molar-refractivity contribution >= 4 is 33.0 Å². The Morgan fingerprint density at radius 2 is 1.80 bits per heavy atom. The SMILES string of the molecule is O=S(=O)(c1cnc(Cl)s1)N1CCC2(CCCCC2)CC1. The molecule has 2 fully saturated rings. The van der Waals surface area contributed by atoms with Crippen molar-refractivity contribution in [1.82, 2.24) is 9.29 Å². The normalized spacial score (nSPS) is 24.1. The van der Waals surface area contributed by atoms with Gasteiger partial charge in [0.2, 0.25) is 0 Å². The van der Waals surface area contributed by atoms with Gasteiger partial charge in [-0.2, -0.15) is 4.31 Å². The first-order valence-corrected chi connectivity index (χ1v) is 9.77. The van der Waals surface area contributed by atoms with Crippen LogP contribution in [0.2, 0.25) is 4.47 Å². The first-order chi connectivity index (χ1) is 9.52. The predicted molar refractivity (Wildman–Crippen MR) is 80.6 cm³/mol. The molecule has 0 bridgehead atoms. The molecule has 20 heavy (non-hydrogen) atoms. The number of hydrogen-bond donors (Lipinski definition) is 0. The van der Waals surface area contributed by atoms with E-state index in [1.165, 1.54) is 38.3 Å². The summed E-state index contributed by atoms with van der Waals surface area (Å²) < 4.78 is 27.2. The average molecular weight is 335 g/mol. The van der Waals surface area contributed by atoms with E-state index >= 15 is 0 Å². The highest BCUT2D eigenvalue weighted by atomic mass is 35.5. The highest BCUT2D eigenvalue weighted by Crippen LogP contribution is 2.45. The van der Waals surface area contributed by atoms with Crippen molar-refractivity contribution in [2.45, 2.75) is 49.2 Å². The van der Waals surface area contributed by atoms with Crippen molar-refractivity contribution in [3.8, 4) is 0 Å². The van der Waals surface area contributed by atoms with E-state index in [1.807, 2.05) is 0 Å². The molecule has 2 heterocycles. The highest BCUT2D eigenvalue weighted by molar-refractivity contribution is 7.91. The lowest BCUT2D eigenvalue weighted by Crippen LogP contribution is -2.43. The summed E-state index contributed by atoms with van der Waals surface area (Å²) in [7, 11) is -3.39. The van der Waals surface area contributed by atoms with E-state index in [1.54, 1.807) is 4.31 Å². The average Bonchev–Trinajstić information content (AvgIpc) is 2.88. The van der Waals surface area contributed by atoms with Gasteiger partial charge in [-0.05, 0) is 31.1 Å². The van der Waals surface area contributed by atoms with E-state index in [4.69, 9.17) is 11.6 Å². The zero-order chi connectivity index (χ0) is 14.2. The van der Waals surface area contributed by atoms with Crippen molar-refractivity contribution < 1.29 is 8.42 Å². The molecule has 1 aromatic heterocycles. The Morgan fingerprint density at radius 1 is 1.15 bits per heavy atom. The van der Waals surface area contributed by atoms with Gasteiger partial charge in [0.1, 0.15) is 0 Å². The summed E-state index contributed by atoms with van der Waals surface area (Å²) in [4.78, 5) is 3.84. The lowest BCUT2D eigenvalue weighted by atomic mass is 9.68. The summed E-state index contributed by atoms with van der Waals surface area (Å²) >= 11 is 6.79. The van der Waals surface area contributed by atoms with Gasteiger partial charge in [-0.1, -0.05) is 42.2 Å². The molecule has 1 spiro atoms. The molecule has 0 amide bonds. The van der Waals surface area contributed by atoms with Crippen LogP contribution in [0.3, 0.4) is 0 Å². The van der Waals surface area contributed by atoms with Gasteiger partial charge in [-0.3, -0.25) is 0 Å². The number of rotatable bonds is 2. The molecular formula is C13H19ClN2O2S2. The van der Waals surface area contributed by atoms with Gasteiger partial charge in [0.05, 0.1) is 6.20 Å². The third-order valence-corrected chi connectivity index (χ3v) is 8.20. The number of hydrogen-bond acceptors (Lipinski definition) is 4. The lowest BCUT2D eigenvalue weighted by molar-refractivity contribution is 0.102. The van der Waals surface area contributed by atoms with Crippen LogP contribution in [0.5, 0.6) is 0 Å². The number of sulfonamides is 1. The molecule has 2 aliphatic rings. The minimum Gasteiger partial charge on any atom is -0.232 e. The minimum absolute atomic E-state index is 0.266. The maximum Gasteiger partial charge on any atom is 0.254 e. The molecule has 112 valence electrons.